The van der Waals surface area contributed by atoms with Crippen LogP contribution in [-0.4, -0.2) is 55.0 Å². The third kappa shape index (κ3) is 4.71. The highest BCUT2D eigenvalue weighted by Crippen LogP contribution is 2.23. The number of amidine groups is 1. The van der Waals surface area contributed by atoms with E-state index in [1.165, 1.54) is 0 Å². The number of nitrogens with zero attached hydrogens (tertiary/aromatic N) is 2. The Morgan fingerprint density at radius 2 is 2.30 bits per heavy atom. The Kier molecular flexibility index (Phi) is 6.15. The molecule has 1 fully saturated rings. The summed E-state index contributed by atoms with van der Waals surface area (Å²) in [6.45, 7) is 2.21. The Morgan fingerprint density at radius 3 is 3.10 bits per heavy atom. The molecule has 1 atom stereocenters. The fourth-order valence-electron chi connectivity index (χ4n) is 3.50. The molecule has 2 N–H and O–H groups in total. The van der Waals surface area contributed by atoms with E-state index in [9.17, 15) is 9.59 Å². The third-order valence-corrected chi connectivity index (χ3v) is 5.66. The highest BCUT2D eigenvalue weighted by molar-refractivity contribution is 7.81. The number of hydrogen-bond donors (Lipinski definition) is 2. The fraction of sp³-hybridized carbons (Fsp3) is 0.333. The van der Waals surface area contributed by atoms with Gasteiger partial charge in [0.1, 0.15) is 11.9 Å². The first-order valence-corrected chi connectivity index (χ1v) is 10.5. The lowest BCUT2D eigenvalue weighted by molar-refractivity contribution is -0.117. The maximum Gasteiger partial charge on any atom is 0.414 e. The lowest BCUT2D eigenvalue weighted by Gasteiger charge is -2.15. The number of benzene rings is 1. The molecule has 30 heavy (non-hydrogen) atoms. The number of cyclic esters (lactones) is 1. The molecule has 1 unspecified atom stereocenters. The zero-order valence-corrected chi connectivity index (χ0v) is 17.8. The first-order valence-electron chi connectivity index (χ1n) is 9.72. The maximum absolute atomic E-state index is 12.4. The number of carbonyl (C=O) groups excluding carboxylic acids is 2. The van der Waals surface area contributed by atoms with E-state index in [0.717, 1.165) is 30.2 Å². The van der Waals surface area contributed by atoms with Crippen LogP contribution in [0.15, 0.2) is 52.0 Å². The molecule has 0 spiro atoms. The summed E-state index contributed by atoms with van der Waals surface area (Å²) in [5, 5.41) is 6.53. The molecule has 7 nitrogen and oxygen atoms in total. The molecule has 1 aromatic carbocycles. The van der Waals surface area contributed by atoms with E-state index in [1.807, 2.05) is 24.3 Å². The number of amides is 2. The Balaban J connectivity index is 1.36. The minimum Gasteiger partial charge on any atom is -0.442 e. The number of ether oxygens (including phenoxy) is 1. The van der Waals surface area contributed by atoms with E-state index in [4.69, 9.17) is 28.6 Å². The molecule has 4 rings (SSSR count). The summed E-state index contributed by atoms with van der Waals surface area (Å²) in [4.78, 5) is 31.3. The molecule has 156 valence electrons. The van der Waals surface area contributed by atoms with Crippen molar-refractivity contribution in [3.63, 3.8) is 0 Å². The molecule has 9 heteroatoms. The van der Waals surface area contributed by atoms with Crippen LogP contribution in [0.25, 0.3) is 0 Å². The molecule has 1 saturated heterocycles. The highest BCUT2D eigenvalue weighted by Gasteiger charge is 2.33. The van der Waals surface area contributed by atoms with Gasteiger partial charge >= 0.3 is 6.09 Å². The van der Waals surface area contributed by atoms with E-state index in [0.29, 0.717) is 34.9 Å². The Hall–Kier alpha value is -2.71. The smallest absolute Gasteiger partial charge is 0.414 e. The second-order valence-corrected chi connectivity index (χ2v) is 8.13. The normalized spacial score (nSPS) is 20.9. The highest BCUT2D eigenvalue weighted by atomic mass is 35.5. The predicted octanol–water partition coefficient (Wildman–Crippen LogP) is 2.49. The van der Waals surface area contributed by atoms with Crippen molar-refractivity contribution in [2.24, 2.45) is 4.99 Å². The molecule has 0 saturated carbocycles. The monoisotopic (exact) mass is 444 g/mol. The van der Waals surface area contributed by atoms with Crippen LogP contribution in [-0.2, 0) is 16.0 Å². The van der Waals surface area contributed by atoms with Crippen LogP contribution in [0.4, 0.5) is 10.5 Å². The summed E-state index contributed by atoms with van der Waals surface area (Å²) in [7, 11) is 0. The lowest BCUT2D eigenvalue weighted by Crippen LogP contribution is -2.36. The van der Waals surface area contributed by atoms with Gasteiger partial charge in [-0.25, -0.2) is 4.79 Å². The third-order valence-electron chi connectivity index (χ3n) is 5.01. The van der Waals surface area contributed by atoms with Gasteiger partial charge in [0.05, 0.1) is 25.2 Å². The molecule has 2 aliphatic heterocycles. The topological polar surface area (TPSA) is 83.0 Å². The van der Waals surface area contributed by atoms with Crippen molar-refractivity contribution in [1.82, 2.24) is 10.6 Å². The second kappa shape index (κ2) is 8.97. The summed E-state index contributed by atoms with van der Waals surface area (Å²) >= 11 is 11.2. The second-order valence-electron chi connectivity index (χ2n) is 7.20. The SMILES string of the molecule is O=C(NCC1CN(c2cccc(CC3=NCCN3)c2)C(=O)O1)C1=CC(Cl)=CCC1=S. The Bertz CT molecular complexity index is 988. The van der Waals surface area contributed by atoms with E-state index in [1.54, 1.807) is 17.1 Å². The quantitative estimate of drug-likeness (QED) is 0.659. The zero-order valence-electron chi connectivity index (χ0n) is 16.2. The van der Waals surface area contributed by atoms with Crippen LogP contribution in [0, 0.1) is 0 Å². The minimum atomic E-state index is -0.449. The first-order chi connectivity index (χ1) is 14.5. The van der Waals surface area contributed by atoms with Gasteiger partial charge in [0.15, 0.2) is 0 Å². The van der Waals surface area contributed by atoms with Crippen molar-refractivity contribution in [2.45, 2.75) is 18.9 Å². The van der Waals surface area contributed by atoms with Crippen LogP contribution < -0.4 is 15.5 Å². The van der Waals surface area contributed by atoms with Crippen molar-refractivity contribution in [3.05, 3.63) is 52.6 Å². The van der Waals surface area contributed by atoms with Crippen LogP contribution in [0.1, 0.15) is 12.0 Å². The summed E-state index contributed by atoms with van der Waals surface area (Å²) in [5.41, 5.74) is 2.21. The van der Waals surface area contributed by atoms with Gasteiger partial charge in [0, 0.05) is 35.0 Å². The largest absolute Gasteiger partial charge is 0.442 e. The molecule has 1 aliphatic carbocycles. The number of carbonyl (C=O) groups is 2. The van der Waals surface area contributed by atoms with Gasteiger partial charge < -0.3 is 15.4 Å². The number of nitrogens with one attached hydrogen (secondary N) is 2. The van der Waals surface area contributed by atoms with Gasteiger partial charge in [-0.3, -0.25) is 14.7 Å². The maximum atomic E-state index is 12.4. The first kappa shape index (κ1) is 20.6. The van der Waals surface area contributed by atoms with Gasteiger partial charge in [-0.2, -0.15) is 0 Å². The van der Waals surface area contributed by atoms with Gasteiger partial charge in [-0.1, -0.05) is 42.0 Å². The van der Waals surface area contributed by atoms with Crippen LogP contribution in [0.5, 0.6) is 0 Å². The number of aliphatic imine (C=N–C) groups is 1. The number of hydrogen-bond acceptors (Lipinski definition) is 6. The number of halogens is 1. The summed E-state index contributed by atoms with van der Waals surface area (Å²) in [5.74, 6) is 0.647. The average molecular weight is 445 g/mol. The Labute approximate surface area is 184 Å². The van der Waals surface area contributed by atoms with Gasteiger partial charge in [0.2, 0.25) is 0 Å². The molecular weight excluding hydrogens is 424 g/mol. The van der Waals surface area contributed by atoms with Crippen molar-refractivity contribution >= 4 is 52.2 Å². The van der Waals surface area contributed by atoms with Gasteiger partial charge in [-0.15, -0.1) is 0 Å². The van der Waals surface area contributed by atoms with E-state index in [2.05, 4.69) is 15.6 Å². The summed E-state index contributed by atoms with van der Waals surface area (Å²) in [6.07, 6.45) is 3.61. The van der Waals surface area contributed by atoms with Crippen LogP contribution in [0.2, 0.25) is 0 Å². The van der Waals surface area contributed by atoms with Crippen molar-refractivity contribution in [3.8, 4) is 0 Å². The van der Waals surface area contributed by atoms with Gasteiger partial charge in [0.25, 0.3) is 5.91 Å². The number of thiocarbonyl (C=S) groups is 1. The number of allylic oxidation sites excluding steroid dienone is 3. The molecular formula is C21H21ClN4O3S. The van der Waals surface area contributed by atoms with Crippen molar-refractivity contribution < 1.29 is 14.3 Å². The molecule has 0 aromatic heterocycles. The molecule has 0 radical (unpaired) electrons. The van der Waals surface area contributed by atoms with Crippen LogP contribution >= 0.6 is 23.8 Å². The van der Waals surface area contributed by atoms with E-state index in [-0.39, 0.29) is 12.5 Å². The fourth-order valence-corrected chi connectivity index (χ4v) is 3.92. The Morgan fingerprint density at radius 1 is 1.43 bits per heavy atom. The molecule has 2 heterocycles. The van der Waals surface area contributed by atoms with Gasteiger partial charge in [-0.05, 0) is 23.8 Å². The van der Waals surface area contributed by atoms with Crippen LogP contribution in [0.3, 0.4) is 0 Å². The average Bonchev–Trinajstić information content (AvgIpc) is 3.37. The van der Waals surface area contributed by atoms with Crippen molar-refractivity contribution in [1.29, 1.82) is 0 Å². The van der Waals surface area contributed by atoms with E-state index < -0.39 is 12.2 Å². The lowest BCUT2D eigenvalue weighted by atomic mass is 10.0. The zero-order chi connectivity index (χ0) is 21.1. The summed E-state index contributed by atoms with van der Waals surface area (Å²) < 4.78 is 5.43. The number of anilines is 1. The minimum absolute atomic E-state index is 0.197. The predicted molar refractivity (Wildman–Crippen MR) is 120 cm³/mol. The standard InChI is InChI=1S/C21H21ClN4O3S/c22-14-4-5-18(30)17(10-14)20(27)25-11-16-12-26(21(28)29-16)15-3-1-2-13(8-15)9-19-23-6-7-24-19/h1-4,8,10,16H,5-7,9,11-12H2,(H,23,24)(H,25,27). The molecule has 1 aromatic rings. The molecule has 2 amide bonds. The van der Waals surface area contributed by atoms with Crippen molar-refractivity contribution in [2.75, 3.05) is 31.1 Å². The summed E-state index contributed by atoms with van der Waals surface area (Å²) in [6, 6.07) is 7.75. The van der Waals surface area contributed by atoms with E-state index >= 15 is 0 Å². The number of rotatable bonds is 6. The molecule has 3 aliphatic rings. The molecule has 0 bridgehead atoms.